The molecular weight excluding hydrogens is 470 g/mol. The van der Waals surface area contributed by atoms with E-state index in [0.29, 0.717) is 11.8 Å². The molecule has 0 radical (unpaired) electrons. The van der Waals surface area contributed by atoms with Gasteiger partial charge in [-0.25, -0.2) is 4.79 Å². The van der Waals surface area contributed by atoms with Crippen LogP contribution in [0.4, 0.5) is 0 Å². The standard InChI is InChI=1S/C18H31NO13S/c1-5(14-12(26)11(25)13(27)16(28)31-14)33-18(17(29)30)3-7(22)9(19-6(2)21)15(32-18)10(24)8(23)4-20/h5,7-16,20,22-28H,3-4H2,1-2H3,(H,19,21)(H,29,30)/t5?,7-,8+,9?,10?,11-,12+,13+,14+,15+,16+,18-/m0/s1. The number of carbonyl (C=O) groups is 2. The van der Waals surface area contributed by atoms with Crippen LogP contribution >= 0.6 is 11.8 Å². The van der Waals surface area contributed by atoms with Gasteiger partial charge in [0.2, 0.25) is 10.8 Å². The van der Waals surface area contributed by atoms with Crippen LogP contribution in [-0.4, -0.2) is 136 Å². The summed E-state index contributed by atoms with van der Waals surface area (Å²) in [6.07, 6.45) is -16.1. The van der Waals surface area contributed by atoms with Crippen LogP contribution in [0.1, 0.15) is 20.3 Å². The Labute approximate surface area is 192 Å². The third-order valence-electron chi connectivity index (χ3n) is 5.65. The van der Waals surface area contributed by atoms with E-state index in [1.54, 1.807) is 0 Å². The summed E-state index contributed by atoms with van der Waals surface area (Å²) in [5.74, 6) is -2.25. The van der Waals surface area contributed by atoms with Gasteiger partial charge in [-0.1, -0.05) is 6.92 Å². The minimum Gasteiger partial charge on any atom is -0.478 e. The van der Waals surface area contributed by atoms with Crippen molar-refractivity contribution in [2.45, 2.75) is 91.6 Å². The van der Waals surface area contributed by atoms with Crippen molar-refractivity contribution in [3.63, 3.8) is 0 Å². The molecule has 2 heterocycles. The molecule has 0 aromatic carbocycles. The lowest BCUT2D eigenvalue weighted by molar-refractivity contribution is -0.280. The highest BCUT2D eigenvalue weighted by Gasteiger charge is 2.57. The summed E-state index contributed by atoms with van der Waals surface area (Å²) in [6.45, 7) is 1.57. The minimum absolute atomic E-state index is 0.518. The molecule has 2 aliphatic heterocycles. The SMILES string of the molecule is CC(=O)NC1[C@H](C(O)[C@H](O)CO)O[C@@](SC(C)[C@H]2O[C@@H](O)[C@H](O)[C@@H](O)[C@H]2O)(C(=O)O)C[C@@H]1O. The number of nitrogens with one attached hydrogen (secondary N) is 1. The molecule has 0 bridgehead atoms. The molecule has 3 unspecified atom stereocenters. The molecule has 2 aliphatic rings. The molecule has 2 fully saturated rings. The molecular formula is C18H31NO13S. The molecule has 0 aromatic heterocycles. The second kappa shape index (κ2) is 11.1. The monoisotopic (exact) mass is 501 g/mol. The molecule has 12 atom stereocenters. The second-order valence-electron chi connectivity index (χ2n) is 8.16. The Morgan fingerprint density at radius 1 is 1.09 bits per heavy atom. The van der Waals surface area contributed by atoms with Gasteiger partial charge in [-0.2, -0.15) is 0 Å². The summed E-state index contributed by atoms with van der Waals surface area (Å²) in [5.41, 5.74) is 0. The Hall–Kier alpha value is -1.11. The van der Waals surface area contributed by atoms with Gasteiger partial charge in [0.1, 0.15) is 42.7 Å². The normalized spacial score (nSPS) is 42.2. The number of aliphatic hydroxyl groups excluding tert-OH is 8. The lowest BCUT2D eigenvalue weighted by Crippen LogP contribution is -2.67. The Morgan fingerprint density at radius 3 is 2.21 bits per heavy atom. The predicted octanol–water partition coefficient (Wildman–Crippen LogP) is -4.94. The van der Waals surface area contributed by atoms with Crippen molar-refractivity contribution in [1.82, 2.24) is 5.32 Å². The first kappa shape index (κ1) is 28.1. The van der Waals surface area contributed by atoms with Crippen LogP contribution in [0.3, 0.4) is 0 Å². The zero-order valence-corrected chi connectivity index (χ0v) is 18.6. The smallest absolute Gasteiger partial charge is 0.346 e. The summed E-state index contributed by atoms with van der Waals surface area (Å²) < 4.78 is 10.8. The number of thioether (sulfide) groups is 1. The van der Waals surface area contributed by atoms with E-state index in [2.05, 4.69) is 5.32 Å². The molecule has 0 spiro atoms. The van der Waals surface area contributed by atoms with Crippen LogP contribution in [0.5, 0.6) is 0 Å². The molecule has 33 heavy (non-hydrogen) atoms. The van der Waals surface area contributed by atoms with Gasteiger partial charge < -0.3 is 60.7 Å². The van der Waals surface area contributed by atoms with E-state index in [4.69, 9.17) is 9.47 Å². The molecule has 10 N–H and O–H groups in total. The van der Waals surface area contributed by atoms with Crippen molar-refractivity contribution < 1.29 is 65.0 Å². The fraction of sp³-hybridized carbons (Fsp3) is 0.889. The Balaban J connectivity index is 2.35. The van der Waals surface area contributed by atoms with Gasteiger partial charge in [0.25, 0.3) is 0 Å². The summed E-state index contributed by atoms with van der Waals surface area (Å²) in [4.78, 5) is 21.5. The lowest BCUT2D eigenvalue weighted by Gasteiger charge is -2.48. The van der Waals surface area contributed by atoms with Crippen molar-refractivity contribution in [3.05, 3.63) is 0 Å². The van der Waals surface area contributed by atoms with Crippen molar-refractivity contribution in [2.24, 2.45) is 0 Å². The van der Waals surface area contributed by atoms with Gasteiger partial charge in [-0.15, -0.1) is 11.8 Å². The number of aliphatic hydroxyl groups is 8. The number of rotatable bonds is 8. The number of hydrogen-bond acceptors (Lipinski definition) is 13. The Bertz CT molecular complexity index is 700. The molecule has 0 aliphatic carbocycles. The summed E-state index contributed by atoms with van der Waals surface area (Å²) in [5, 5.41) is 90.9. The summed E-state index contributed by atoms with van der Waals surface area (Å²) >= 11 is 0.518. The van der Waals surface area contributed by atoms with Crippen LogP contribution in [0.25, 0.3) is 0 Å². The number of amides is 1. The predicted molar refractivity (Wildman–Crippen MR) is 109 cm³/mol. The van der Waals surface area contributed by atoms with Crippen LogP contribution in [0.2, 0.25) is 0 Å². The summed E-state index contributed by atoms with van der Waals surface area (Å²) in [7, 11) is 0. The highest BCUT2D eigenvalue weighted by Crippen LogP contribution is 2.44. The molecule has 2 saturated heterocycles. The molecule has 15 heteroatoms. The Kier molecular flexibility index (Phi) is 9.45. The first-order chi connectivity index (χ1) is 15.3. The third kappa shape index (κ3) is 5.94. The molecule has 0 aromatic rings. The van der Waals surface area contributed by atoms with E-state index in [0.717, 1.165) is 6.92 Å². The molecule has 192 valence electrons. The third-order valence-corrected chi connectivity index (χ3v) is 7.11. The number of hydrogen-bond donors (Lipinski definition) is 10. The lowest BCUT2D eigenvalue weighted by atomic mass is 9.89. The van der Waals surface area contributed by atoms with Gasteiger partial charge >= 0.3 is 5.97 Å². The maximum Gasteiger partial charge on any atom is 0.346 e. The van der Waals surface area contributed by atoms with E-state index in [1.165, 1.54) is 6.92 Å². The maximum atomic E-state index is 12.3. The fourth-order valence-corrected chi connectivity index (χ4v) is 5.39. The van der Waals surface area contributed by atoms with Crippen molar-refractivity contribution in [2.75, 3.05) is 6.61 Å². The van der Waals surface area contributed by atoms with Gasteiger partial charge in [0, 0.05) is 18.6 Å². The number of aliphatic carboxylic acids is 1. The Morgan fingerprint density at radius 2 is 1.70 bits per heavy atom. The first-order valence-corrected chi connectivity index (χ1v) is 11.0. The van der Waals surface area contributed by atoms with Gasteiger partial charge in [-0.05, 0) is 0 Å². The van der Waals surface area contributed by atoms with E-state index in [9.17, 15) is 55.5 Å². The molecule has 2 rings (SSSR count). The van der Waals surface area contributed by atoms with E-state index < -0.39 is 96.3 Å². The second-order valence-corrected chi connectivity index (χ2v) is 9.80. The van der Waals surface area contributed by atoms with Crippen LogP contribution in [0, 0.1) is 0 Å². The van der Waals surface area contributed by atoms with Crippen molar-refractivity contribution in [3.8, 4) is 0 Å². The quantitative estimate of drug-likeness (QED) is 0.150. The average molecular weight is 502 g/mol. The fourth-order valence-electron chi connectivity index (χ4n) is 3.89. The van der Waals surface area contributed by atoms with Gasteiger partial charge in [-0.3, -0.25) is 4.79 Å². The zero-order chi connectivity index (χ0) is 25.2. The molecule has 1 amide bonds. The van der Waals surface area contributed by atoms with Crippen molar-refractivity contribution >= 4 is 23.6 Å². The first-order valence-electron chi connectivity index (χ1n) is 10.1. The topological polar surface area (TPSA) is 247 Å². The minimum atomic E-state index is -2.30. The number of ether oxygens (including phenoxy) is 2. The maximum absolute atomic E-state index is 12.3. The number of carbonyl (C=O) groups excluding carboxylic acids is 1. The molecule has 14 nitrogen and oxygen atoms in total. The summed E-state index contributed by atoms with van der Waals surface area (Å²) in [6, 6.07) is -1.34. The zero-order valence-electron chi connectivity index (χ0n) is 17.8. The van der Waals surface area contributed by atoms with E-state index >= 15 is 0 Å². The number of carboxylic acids is 1. The average Bonchev–Trinajstić information content (AvgIpc) is 2.74. The van der Waals surface area contributed by atoms with Gasteiger partial charge in [0.15, 0.2) is 6.29 Å². The highest BCUT2D eigenvalue weighted by atomic mass is 32.2. The highest BCUT2D eigenvalue weighted by molar-refractivity contribution is 8.01. The van der Waals surface area contributed by atoms with E-state index in [-0.39, 0.29) is 0 Å². The van der Waals surface area contributed by atoms with Crippen molar-refractivity contribution in [1.29, 1.82) is 0 Å². The van der Waals surface area contributed by atoms with E-state index in [1.807, 2.05) is 0 Å². The number of carboxylic acid groups (broad SMARTS) is 1. The van der Waals surface area contributed by atoms with Crippen LogP contribution < -0.4 is 5.32 Å². The largest absolute Gasteiger partial charge is 0.478 e. The van der Waals surface area contributed by atoms with Crippen LogP contribution in [-0.2, 0) is 19.1 Å². The van der Waals surface area contributed by atoms with Gasteiger partial charge in [0.05, 0.1) is 18.8 Å². The molecule has 0 saturated carbocycles. The van der Waals surface area contributed by atoms with Crippen LogP contribution in [0.15, 0.2) is 0 Å².